The molecule has 0 saturated heterocycles. The van der Waals surface area contributed by atoms with Crippen LogP contribution in [0.25, 0.3) is 11.3 Å². The van der Waals surface area contributed by atoms with Crippen molar-refractivity contribution < 1.29 is 23.1 Å². The van der Waals surface area contributed by atoms with E-state index in [1.165, 1.54) is 35.9 Å². The summed E-state index contributed by atoms with van der Waals surface area (Å²) in [4.78, 5) is 7.79. The molecule has 0 unspecified atom stereocenters. The van der Waals surface area contributed by atoms with Gasteiger partial charge in [0.1, 0.15) is 11.5 Å². The highest BCUT2D eigenvalue weighted by atomic mass is 32.1. The van der Waals surface area contributed by atoms with Crippen molar-refractivity contribution in [1.82, 2.24) is 9.97 Å². The van der Waals surface area contributed by atoms with Gasteiger partial charge in [0, 0.05) is 16.2 Å². The van der Waals surface area contributed by atoms with Crippen molar-refractivity contribution >= 4 is 22.3 Å². The standard InChI is InChI=1S/C14H10F3N4OS/c15-14(16,17)11-4-1-5-12(19-11)20-13-18-10(8-23-13)9-3-2-6-21(22)7-9/h1-8,22H,(H,18,19,20)/q+1. The molecule has 5 nitrogen and oxygen atoms in total. The Morgan fingerprint density at radius 1 is 1.13 bits per heavy atom. The number of halogens is 3. The number of rotatable bonds is 3. The number of aromatic nitrogens is 3. The number of nitrogens with one attached hydrogen (secondary N) is 1. The number of alkyl halides is 3. The lowest BCUT2D eigenvalue weighted by molar-refractivity contribution is -0.904. The van der Waals surface area contributed by atoms with Crippen molar-refractivity contribution in [3.8, 4) is 11.3 Å². The Labute approximate surface area is 132 Å². The van der Waals surface area contributed by atoms with Crippen LogP contribution in [0.2, 0.25) is 0 Å². The van der Waals surface area contributed by atoms with Gasteiger partial charge < -0.3 is 5.32 Å². The smallest absolute Gasteiger partial charge is 0.316 e. The third kappa shape index (κ3) is 3.57. The summed E-state index contributed by atoms with van der Waals surface area (Å²) < 4.78 is 38.8. The third-order valence-corrected chi connectivity index (χ3v) is 3.62. The predicted molar refractivity (Wildman–Crippen MR) is 77.5 cm³/mol. The molecular weight excluding hydrogens is 329 g/mol. The molecule has 0 amide bonds. The minimum atomic E-state index is -4.50. The van der Waals surface area contributed by atoms with Crippen molar-refractivity contribution in [3.63, 3.8) is 0 Å². The van der Waals surface area contributed by atoms with E-state index in [0.29, 0.717) is 16.4 Å². The van der Waals surface area contributed by atoms with Crippen molar-refractivity contribution in [2.75, 3.05) is 5.32 Å². The maximum Gasteiger partial charge on any atom is 0.433 e. The van der Waals surface area contributed by atoms with Crippen LogP contribution in [-0.4, -0.2) is 15.2 Å². The van der Waals surface area contributed by atoms with Crippen LogP contribution in [0.3, 0.4) is 0 Å². The van der Waals surface area contributed by atoms with Crippen LogP contribution >= 0.6 is 11.3 Å². The molecule has 3 rings (SSSR count). The zero-order valence-electron chi connectivity index (χ0n) is 11.4. The molecule has 118 valence electrons. The molecule has 3 aromatic rings. The van der Waals surface area contributed by atoms with Gasteiger partial charge in [0.25, 0.3) is 0 Å². The summed E-state index contributed by atoms with van der Waals surface area (Å²) in [5, 5.41) is 14.3. The minimum absolute atomic E-state index is 0.0611. The molecule has 0 atom stereocenters. The first-order chi connectivity index (χ1) is 10.9. The van der Waals surface area contributed by atoms with Gasteiger partial charge in [-0.1, -0.05) is 6.07 Å². The van der Waals surface area contributed by atoms with Crippen LogP contribution < -0.4 is 10.0 Å². The first-order valence-corrected chi connectivity index (χ1v) is 7.27. The lowest BCUT2D eigenvalue weighted by Crippen LogP contribution is -2.28. The van der Waals surface area contributed by atoms with Crippen LogP contribution in [0.15, 0.2) is 48.1 Å². The highest BCUT2D eigenvalue weighted by molar-refractivity contribution is 7.14. The molecule has 3 heterocycles. The van der Waals surface area contributed by atoms with E-state index in [0.717, 1.165) is 10.8 Å². The summed E-state index contributed by atoms with van der Waals surface area (Å²) in [6.07, 6.45) is -1.56. The average molecular weight is 339 g/mol. The Kier molecular flexibility index (Phi) is 3.87. The van der Waals surface area contributed by atoms with E-state index in [4.69, 9.17) is 0 Å². The number of thiazole rings is 1. The third-order valence-electron chi connectivity index (χ3n) is 2.86. The largest absolute Gasteiger partial charge is 0.433 e. The molecule has 2 N–H and O–H groups in total. The van der Waals surface area contributed by atoms with Gasteiger partial charge in [-0.15, -0.1) is 11.3 Å². The number of pyridine rings is 2. The van der Waals surface area contributed by atoms with Crippen LogP contribution in [0.1, 0.15) is 5.69 Å². The number of hydrogen-bond acceptors (Lipinski definition) is 5. The maximum absolute atomic E-state index is 12.6. The predicted octanol–water partition coefficient (Wildman–Crippen LogP) is 3.49. The Bertz CT molecular complexity index is 835. The van der Waals surface area contributed by atoms with Crippen molar-refractivity contribution in [2.24, 2.45) is 0 Å². The summed E-state index contributed by atoms with van der Waals surface area (Å²) >= 11 is 1.22. The molecule has 0 fully saturated rings. The molecule has 0 radical (unpaired) electrons. The van der Waals surface area contributed by atoms with Gasteiger partial charge in [0.15, 0.2) is 5.13 Å². The number of nitrogens with zero attached hydrogens (tertiary/aromatic N) is 3. The molecule has 9 heteroatoms. The molecule has 0 saturated carbocycles. The zero-order valence-corrected chi connectivity index (χ0v) is 12.3. The van der Waals surface area contributed by atoms with Gasteiger partial charge in [-0.2, -0.15) is 13.2 Å². The molecule has 0 aliphatic rings. The lowest BCUT2D eigenvalue weighted by Gasteiger charge is -2.07. The monoisotopic (exact) mass is 339 g/mol. The van der Waals surface area contributed by atoms with Crippen LogP contribution in [0.4, 0.5) is 24.1 Å². The molecule has 0 bridgehead atoms. The molecular formula is C14H10F3N4OS+. The summed E-state index contributed by atoms with van der Waals surface area (Å²) in [5.41, 5.74) is 0.299. The summed E-state index contributed by atoms with van der Waals surface area (Å²) in [6, 6.07) is 7.02. The van der Waals surface area contributed by atoms with Gasteiger partial charge in [-0.25, -0.2) is 9.97 Å². The fraction of sp³-hybridized carbons (Fsp3) is 0.0714. The zero-order chi connectivity index (χ0) is 16.4. The van der Waals surface area contributed by atoms with Crippen LogP contribution in [0, 0.1) is 0 Å². The number of hydrogen-bond donors (Lipinski definition) is 2. The quantitative estimate of drug-likeness (QED) is 0.566. The fourth-order valence-electron chi connectivity index (χ4n) is 1.85. The lowest BCUT2D eigenvalue weighted by atomic mass is 10.2. The molecule has 3 aromatic heterocycles. The molecule has 0 spiro atoms. The highest BCUT2D eigenvalue weighted by Gasteiger charge is 2.32. The van der Waals surface area contributed by atoms with Gasteiger partial charge in [-0.3, -0.25) is 5.21 Å². The highest BCUT2D eigenvalue weighted by Crippen LogP contribution is 2.30. The minimum Gasteiger partial charge on any atom is -0.316 e. The first kappa shape index (κ1) is 15.2. The topological polar surface area (TPSA) is 61.9 Å². The summed E-state index contributed by atoms with van der Waals surface area (Å²) in [6.45, 7) is 0. The van der Waals surface area contributed by atoms with Crippen molar-refractivity contribution in [1.29, 1.82) is 0 Å². The second-order valence-corrected chi connectivity index (χ2v) is 5.40. The second kappa shape index (κ2) is 5.84. The van der Waals surface area contributed by atoms with Gasteiger partial charge in [0.2, 0.25) is 12.4 Å². The number of anilines is 2. The average Bonchev–Trinajstić information content (AvgIpc) is 2.95. The van der Waals surface area contributed by atoms with Crippen molar-refractivity contribution in [2.45, 2.75) is 6.18 Å². The van der Waals surface area contributed by atoms with E-state index in [1.807, 2.05) is 0 Å². The van der Waals surface area contributed by atoms with Gasteiger partial charge in [-0.05, 0) is 18.2 Å². The van der Waals surface area contributed by atoms with E-state index >= 15 is 0 Å². The second-order valence-electron chi connectivity index (χ2n) is 4.54. The first-order valence-electron chi connectivity index (χ1n) is 6.39. The molecule has 0 aromatic carbocycles. The fourth-order valence-corrected chi connectivity index (χ4v) is 2.58. The Morgan fingerprint density at radius 2 is 1.96 bits per heavy atom. The summed E-state index contributed by atoms with van der Waals surface area (Å²) in [5.74, 6) is 0.0611. The van der Waals surface area contributed by atoms with E-state index < -0.39 is 11.9 Å². The van der Waals surface area contributed by atoms with Gasteiger partial charge in [0.05, 0.1) is 11.3 Å². The van der Waals surface area contributed by atoms with Crippen LogP contribution in [0.5, 0.6) is 0 Å². The van der Waals surface area contributed by atoms with E-state index in [1.54, 1.807) is 17.5 Å². The molecule has 23 heavy (non-hydrogen) atoms. The van der Waals surface area contributed by atoms with Crippen molar-refractivity contribution in [3.05, 3.63) is 53.8 Å². The Hall–Kier alpha value is -2.68. The van der Waals surface area contributed by atoms with E-state index in [-0.39, 0.29) is 5.82 Å². The maximum atomic E-state index is 12.6. The van der Waals surface area contributed by atoms with Gasteiger partial charge >= 0.3 is 6.18 Å². The van der Waals surface area contributed by atoms with Crippen LogP contribution in [-0.2, 0) is 6.18 Å². The molecule has 0 aliphatic heterocycles. The SMILES string of the molecule is O[n+]1cccc(-c2csc(Nc3cccc(C(F)(F)F)n3)n2)c1. The summed E-state index contributed by atoms with van der Waals surface area (Å²) in [7, 11) is 0. The Balaban J connectivity index is 1.82. The van der Waals surface area contributed by atoms with E-state index in [9.17, 15) is 18.4 Å². The van der Waals surface area contributed by atoms with E-state index in [2.05, 4.69) is 15.3 Å². The molecule has 0 aliphatic carbocycles. The Morgan fingerprint density at radius 3 is 2.70 bits per heavy atom. The normalized spacial score (nSPS) is 11.4.